The molecule has 0 aliphatic heterocycles. The predicted octanol–water partition coefficient (Wildman–Crippen LogP) is 2.87. The van der Waals surface area contributed by atoms with Gasteiger partial charge in [-0.3, -0.25) is 0 Å². The molecule has 0 saturated heterocycles. The summed E-state index contributed by atoms with van der Waals surface area (Å²) in [5.74, 6) is -0.905. The number of rotatable bonds is 5. The first-order chi connectivity index (χ1) is 9.90. The van der Waals surface area contributed by atoms with Gasteiger partial charge >= 0.3 is 5.97 Å². The van der Waals surface area contributed by atoms with E-state index in [0.29, 0.717) is 22.9 Å². The summed E-state index contributed by atoms with van der Waals surface area (Å²) in [7, 11) is 0. The number of carboxylic acids is 1. The molecular formula is C15H18FN3O2. The van der Waals surface area contributed by atoms with Crippen LogP contribution in [0, 0.1) is 11.7 Å². The highest BCUT2D eigenvalue weighted by molar-refractivity contribution is 6.01. The number of pyridine rings is 1. The molecule has 4 N–H and O–H groups in total. The molecule has 1 aromatic heterocycles. The second-order valence-electron chi connectivity index (χ2n) is 5.38. The minimum absolute atomic E-state index is 0.197. The van der Waals surface area contributed by atoms with Crippen LogP contribution in [0.1, 0.15) is 20.3 Å². The van der Waals surface area contributed by atoms with Gasteiger partial charge in [-0.15, -0.1) is 0 Å². The summed E-state index contributed by atoms with van der Waals surface area (Å²) < 4.78 is 13.8. The summed E-state index contributed by atoms with van der Waals surface area (Å²) in [6, 6.07) is 3.45. The smallest absolute Gasteiger partial charge is 0.326 e. The van der Waals surface area contributed by atoms with E-state index in [1.54, 1.807) is 0 Å². The monoisotopic (exact) mass is 291 g/mol. The number of benzene rings is 1. The third-order valence-electron chi connectivity index (χ3n) is 3.22. The number of aromatic nitrogens is 1. The fraction of sp³-hybridized carbons (Fsp3) is 0.333. The zero-order valence-corrected chi connectivity index (χ0v) is 11.9. The van der Waals surface area contributed by atoms with Crippen LogP contribution in [0.5, 0.6) is 0 Å². The number of hydrogen-bond donors (Lipinski definition) is 3. The second-order valence-corrected chi connectivity index (χ2v) is 5.38. The Balaban J connectivity index is 2.46. The number of nitrogens with one attached hydrogen (secondary N) is 1. The Morgan fingerprint density at radius 3 is 2.76 bits per heavy atom. The number of nitrogens with zero attached hydrogens (tertiary/aromatic N) is 1. The lowest BCUT2D eigenvalue weighted by Gasteiger charge is -2.18. The van der Waals surface area contributed by atoms with E-state index >= 15 is 0 Å². The first-order valence-corrected chi connectivity index (χ1v) is 6.72. The standard InChI is InChI=1S/C15H18FN3O2/c1-8(2)7-12(15(20)21)19-14-13-9(5-6-18-14)10(16)3-4-11(13)17/h3-6,8,12H,7,17H2,1-2H3,(H,18,19)(H,20,21). The van der Waals surface area contributed by atoms with Crippen LogP contribution in [-0.4, -0.2) is 22.1 Å². The van der Waals surface area contributed by atoms with E-state index < -0.39 is 17.8 Å². The van der Waals surface area contributed by atoms with Crippen LogP contribution in [0.15, 0.2) is 24.4 Å². The third kappa shape index (κ3) is 3.21. The lowest BCUT2D eigenvalue weighted by molar-refractivity contribution is -0.138. The average molecular weight is 291 g/mol. The molecule has 0 fully saturated rings. The van der Waals surface area contributed by atoms with E-state index in [9.17, 15) is 14.3 Å². The Morgan fingerprint density at radius 1 is 1.43 bits per heavy atom. The van der Waals surface area contributed by atoms with E-state index in [2.05, 4.69) is 10.3 Å². The quantitative estimate of drug-likeness (QED) is 0.737. The minimum atomic E-state index is -0.975. The van der Waals surface area contributed by atoms with Gasteiger partial charge in [-0.25, -0.2) is 14.2 Å². The zero-order chi connectivity index (χ0) is 15.6. The highest BCUT2D eigenvalue weighted by Gasteiger charge is 2.21. The number of carboxylic acid groups (broad SMARTS) is 1. The molecule has 1 unspecified atom stereocenters. The maximum absolute atomic E-state index is 13.8. The highest BCUT2D eigenvalue weighted by atomic mass is 19.1. The lowest BCUT2D eigenvalue weighted by Crippen LogP contribution is -2.31. The minimum Gasteiger partial charge on any atom is -0.480 e. The molecule has 112 valence electrons. The molecule has 0 radical (unpaired) electrons. The van der Waals surface area contributed by atoms with Crippen molar-refractivity contribution < 1.29 is 14.3 Å². The van der Waals surface area contributed by atoms with Crippen molar-refractivity contribution >= 4 is 28.2 Å². The number of halogens is 1. The number of anilines is 2. The van der Waals surface area contributed by atoms with Gasteiger partial charge in [0.15, 0.2) is 0 Å². The Morgan fingerprint density at radius 2 is 2.14 bits per heavy atom. The molecule has 2 rings (SSSR count). The van der Waals surface area contributed by atoms with Crippen molar-refractivity contribution in [2.24, 2.45) is 5.92 Å². The molecule has 0 saturated carbocycles. The number of carbonyl (C=O) groups is 1. The summed E-state index contributed by atoms with van der Waals surface area (Å²) in [5, 5.41) is 12.9. The van der Waals surface area contributed by atoms with Crippen molar-refractivity contribution in [3.05, 3.63) is 30.2 Å². The number of aliphatic carboxylic acids is 1. The normalized spacial score (nSPS) is 12.6. The molecule has 6 heteroatoms. The summed E-state index contributed by atoms with van der Waals surface area (Å²) in [5.41, 5.74) is 6.24. The van der Waals surface area contributed by atoms with Gasteiger partial charge in [0, 0.05) is 17.3 Å². The Hall–Kier alpha value is -2.37. The van der Waals surface area contributed by atoms with Gasteiger partial charge in [0.2, 0.25) is 0 Å². The number of nitrogen functional groups attached to an aromatic ring is 1. The van der Waals surface area contributed by atoms with Gasteiger partial charge in [0.1, 0.15) is 17.7 Å². The van der Waals surface area contributed by atoms with E-state index in [1.165, 1.54) is 24.4 Å². The summed E-state index contributed by atoms with van der Waals surface area (Å²) >= 11 is 0. The molecular weight excluding hydrogens is 273 g/mol. The number of fused-ring (bicyclic) bond motifs is 1. The van der Waals surface area contributed by atoms with Crippen molar-refractivity contribution in [2.45, 2.75) is 26.3 Å². The van der Waals surface area contributed by atoms with Gasteiger partial charge in [0.25, 0.3) is 0 Å². The van der Waals surface area contributed by atoms with Crippen LogP contribution in [0.2, 0.25) is 0 Å². The maximum atomic E-state index is 13.8. The van der Waals surface area contributed by atoms with Crippen LogP contribution in [0.3, 0.4) is 0 Å². The summed E-state index contributed by atoms with van der Waals surface area (Å²) in [6.45, 7) is 3.87. The van der Waals surface area contributed by atoms with Gasteiger partial charge < -0.3 is 16.2 Å². The summed E-state index contributed by atoms with van der Waals surface area (Å²) in [4.78, 5) is 15.4. The molecule has 0 bridgehead atoms. The highest BCUT2D eigenvalue weighted by Crippen LogP contribution is 2.29. The fourth-order valence-electron chi connectivity index (χ4n) is 2.26. The molecule has 0 aliphatic rings. The number of nitrogens with two attached hydrogens (primary N) is 1. The van der Waals surface area contributed by atoms with Gasteiger partial charge in [0.05, 0.1) is 5.39 Å². The van der Waals surface area contributed by atoms with Crippen molar-refractivity contribution in [1.82, 2.24) is 4.98 Å². The first kappa shape index (κ1) is 15.0. The zero-order valence-electron chi connectivity index (χ0n) is 11.9. The number of hydrogen-bond acceptors (Lipinski definition) is 4. The Kier molecular flexibility index (Phi) is 4.26. The van der Waals surface area contributed by atoms with Crippen molar-refractivity contribution in [3.63, 3.8) is 0 Å². The Labute approximate surface area is 122 Å². The molecule has 2 aromatic rings. The van der Waals surface area contributed by atoms with Gasteiger partial charge in [-0.2, -0.15) is 0 Å². The maximum Gasteiger partial charge on any atom is 0.326 e. The van der Waals surface area contributed by atoms with Crippen molar-refractivity contribution in [2.75, 3.05) is 11.1 Å². The van der Waals surface area contributed by atoms with Gasteiger partial charge in [-0.05, 0) is 30.5 Å². The molecule has 0 spiro atoms. The van der Waals surface area contributed by atoms with Crippen LogP contribution in [0.4, 0.5) is 15.9 Å². The van der Waals surface area contributed by atoms with E-state index in [0.717, 1.165) is 0 Å². The molecule has 1 aromatic carbocycles. The largest absolute Gasteiger partial charge is 0.480 e. The fourth-order valence-corrected chi connectivity index (χ4v) is 2.26. The molecule has 1 heterocycles. The van der Waals surface area contributed by atoms with Gasteiger partial charge in [-0.1, -0.05) is 13.8 Å². The predicted molar refractivity (Wildman–Crippen MR) is 80.6 cm³/mol. The SMILES string of the molecule is CC(C)CC(Nc1nccc2c(F)ccc(N)c12)C(=O)O. The topological polar surface area (TPSA) is 88.2 Å². The summed E-state index contributed by atoms with van der Waals surface area (Å²) in [6.07, 6.45) is 1.87. The molecule has 0 amide bonds. The van der Waals surface area contributed by atoms with E-state index in [-0.39, 0.29) is 11.7 Å². The van der Waals surface area contributed by atoms with Crippen molar-refractivity contribution in [1.29, 1.82) is 0 Å². The first-order valence-electron chi connectivity index (χ1n) is 6.72. The lowest BCUT2D eigenvalue weighted by atomic mass is 10.0. The molecule has 0 aliphatic carbocycles. The Bertz CT molecular complexity index is 673. The van der Waals surface area contributed by atoms with Crippen LogP contribution < -0.4 is 11.1 Å². The van der Waals surface area contributed by atoms with Crippen LogP contribution >= 0.6 is 0 Å². The molecule has 5 nitrogen and oxygen atoms in total. The third-order valence-corrected chi connectivity index (χ3v) is 3.22. The van der Waals surface area contributed by atoms with E-state index in [1.807, 2.05) is 13.8 Å². The molecule has 1 atom stereocenters. The van der Waals surface area contributed by atoms with Crippen LogP contribution in [-0.2, 0) is 4.79 Å². The van der Waals surface area contributed by atoms with Crippen LogP contribution in [0.25, 0.3) is 10.8 Å². The average Bonchev–Trinajstić information content (AvgIpc) is 2.41. The van der Waals surface area contributed by atoms with Crippen molar-refractivity contribution in [3.8, 4) is 0 Å². The molecule has 21 heavy (non-hydrogen) atoms. The second kappa shape index (κ2) is 5.95. The van der Waals surface area contributed by atoms with E-state index in [4.69, 9.17) is 5.73 Å².